The number of piperidine rings is 2. The second kappa shape index (κ2) is 13.8. The Labute approximate surface area is 274 Å². The molecular formula is C36H47N5O4S. The number of hydrogen-bond donors (Lipinski definition) is 0. The van der Waals surface area contributed by atoms with E-state index in [1.807, 2.05) is 43.0 Å². The van der Waals surface area contributed by atoms with Gasteiger partial charge < -0.3 is 14.5 Å². The standard InChI is InChI=1S/C36H47N5O4S/c1-28-13-18-37-29(2)34(28)35(42)38-21-16-36(3,17-22-38)39-19-14-32(15-20-39)41(27-30-7-5-4-6-8-30)31-9-11-33(12-10-31)46(43,44)40-23-25-45-26-24-40/h4-13,18,32H,14-17,19-27H2,1-3H3. The largest absolute Gasteiger partial charge is 0.379 e. The lowest BCUT2D eigenvalue weighted by molar-refractivity contribution is 0.0170. The zero-order valence-corrected chi connectivity index (χ0v) is 28.2. The number of likely N-dealkylation sites (tertiary alicyclic amines) is 2. The van der Waals surface area contributed by atoms with Crippen molar-refractivity contribution in [2.24, 2.45) is 0 Å². The molecule has 0 N–H and O–H groups in total. The molecule has 0 bridgehead atoms. The second-order valence-electron chi connectivity index (χ2n) is 13.2. The highest BCUT2D eigenvalue weighted by Crippen LogP contribution is 2.35. The van der Waals surface area contributed by atoms with E-state index in [2.05, 4.69) is 46.0 Å². The Bertz CT molecular complexity index is 1570. The first-order chi connectivity index (χ1) is 22.2. The molecule has 3 saturated heterocycles. The van der Waals surface area contributed by atoms with Crippen molar-refractivity contribution in [3.63, 3.8) is 0 Å². The number of benzene rings is 2. The van der Waals surface area contributed by atoms with E-state index in [0.29, 0.717) is 37.2 Å². The Morgan fingerprint density at radius 1 is 0.913 bits per heavy atom. The van der Waals surface area contributed by atoms with Gasteiger partial charge in [-0.05, 0) is 87.9 Å². The summed E-state index contributed by atoms with van der Waals surface area (Å²) in [5, 5.41) is 0. The average Bonchev–Trinajstić information content (AvgIpc) is 3.08. The number of amides is 1. The molecule has 1 aromatic heterocycles. The molecule has 0 atom stereocenters. The van der Waals surface area contributed by atoms with Crippen LogP contribution in [0.15, 0.2) is 71.8 Å². The predicted octanol–water partition coefficient (Wildman–Crippen LogP) is 4.89. The van der Waals surface area contributed by atoms with Gasteiger partial charge in [-0.3, -0.25) is 14.7 Å². The second-order valence-corrected chi connectivity index (χ2v) is 15.2. The minimum absolute atomic E-state index is 0.0561. The van der Waals surface area contributed by atoms with E-state index in [1.54, 1.807) is 18.3 Å². The summed E-state index contributed by atoms with van der Waals surface area (Å²) in [6.45, 7) is 12.2. The molecular weight excluding hydrogens is 598 g/mol. The van der Waals surface area contributed by atoms with Crippen molar-refractivity contribution in [1.82, 2.24) is 19.1 Å². The van der Waals surface area contributed by atoms with Crippen molar-refractivity contribution in [3.8, 4) is 0 Å². The summed E-state index contributed by atoms with van der Waals surface area (Å²) in [6, 6.07) is 20.2. The summed E-state index contributed by atoms with van der Waals surface area (Å²) < 4.78 is 33.4. The van der Waals surface area contributed by atoms with Crippen LogP contribution in [0.4, 0.5) is 5.69 Å². The first-order valence-corrected chi connectivity index (χ1v) is 18.0. The third-order valence-corrected chi connectivity index (χ3v) is 12.2. The topological polar surface area (TPSA) is 86.3 Å². The van der Waals surface area contributed by atoms with Crippen LogP contribution in [0.5, 0.6) is 0 Å². The Morgan fingerprint density at radius 3 is 2.20 bits per heavy atom. The quantitative estimate of drug-likeness (QED) is 0.345. The smallest absolute Gasteiger partial charge is 0.255 e. The normalized spacial score (nSPS) is 20.0. The molecule has 46 heavy (non-hydrogen) atoms. The third kappa shape index (κ3) is 6.86. The molecule has 6 rings (SSSR count). The summed E-state index contributed by atoms with van der Waals surface area (Å²) in [5.41, 5.74) is 4.87. The van der Waals surface area contributed by atoms with Gasteiger partial charge in [0, 0.05) is 69.3 Å². The van der Waals surface area contributed by atoms with E-state index in [0.717, 1.165) is 80.9 Å². The van der Waals surface area contributed by atoms with Gasteiger partial charge >= 0.3 is 0 Å². The summed E-state index contributed by atoms with van der Waals surface area (Å²) in [4.78, 5) is 25.2. The summed E-state index contributed by atoms with van der Waals surface area (Å²) in [6.07, 6.45) is 5.72. The fraction of sp³-hybridized carbons (Fsp3) is 0.500. The van der Waals surface area contributed by atoms with Crippen LogP contribution >= 0.6 is 0 Å². The Morgan fingerprint density at radius 2 is 1.57 bits per heavy atom. The molecule has 3 aliphatic rings. The Balaban J connectivity index is 1.12. The lowest BCUT2D eigenvalue weighted by Crippen LogP contribution is -2.58. The van der Waals surface area contributed by atoms with E-state index < -0.39 is 10.0 Å². The van der Waals surface area contributed by atoms with Crippen LogP contribution in [0.2, 0.25) is 0 Å². The molecule has 3 fully saturated rings. The van der Waals surface area contributed by atoms with Crippen LogP contribution in [0.3, 0.4) is 0 Å². The minimum atomic E-state index is -3.54. The number of carbonyl (C=O) groups is 1. The molecule has 4 heterocycles. The van der Waals surface area contributed by atoms with Crippen LogP contribution in [0, 0.1) is 13.8 Å². The van der Waals surface area contributed by atoms with Gasteiger partial charge in [0.05, 0.1) is 29.4 Å². The van der Waals surface area contributed by atoms with Crippen molar-refractivity contribution in [3.05, 3.63) is 89.2 Å². The number of nitrogens with zero attached hydrogens (tertiary/aromatic N) is 5. The fourth-order valence-electron chi connectivity index (χ4n) is 7.36. The van der Waals surface area contributed by atoms with Gasteiger partial charge in [-0.15, -0.1) is 0 Å². The molecule has 3 aliphatic heterocycles. The van der Waals surface area contributed by atoms with Gasteiger partial charge in [-0.1, -0.05) is 30.3 Å². The van der Waals surface area contributed by atoms with Gasteiger partial charge in [0.2, 0.25) is 10.0 Å². The van der Waals surface area contributed by atoms with Crippen LogP contribution < -0.4 is 4.90 Å². The molecule has 0 unspecified atom stereocenters. The minimum Gasteiger partial charge on any atom is -0.379 e. The molecule has 3 aromatic rings. The maximum absolute atomic E-state index is 13.4. The Hall–Kier alpha value is -3.31. The molecule has 2 aromatic carbocycles. The van der Waals surface area contributed by atoms with Gasteiger partial charge in [-0.25, -0.2) is 8.42 Å². The van der Waals surface area contributed by atoms with Crippen LogP contribution in [0.1, 0.15) is 59.8 Å². The molecule has 10 heteroatoms. The van der Waals surface area contributed by atoms with Crippen LogP contribution in [-0.2, 0) is 21.3 Å². The first kappa shape index (κ1) is 32.6. The maximum atomic E-state index is 13.4. The fourth-order valence-corrected chi connectivity index (χ4v) is 8.77. The molecule has 0 radical (unpaired) electrons. The summed E-state index contributed by atoms with van der Waals surface area (Å²) in [5.74, 6) is 0.101. The first-order valence-electron chi connectivity index (χ1n) is 16.6. The summed E-state index contributed by atoms with van der Waals surface area (Å²) >= 11 is 0. The van der Waals surface area contributed by atoms with E-state index in [1.165, 1.54) is 9.87 Å². The van der Waals surface area contributed by atoms with Gasteiger partial charge in [0.15, 0.2) is 0 Å². The number of pyridine rings is 1. The Kier molecular flexibility index (Phi) is 9.80. The van der Waals surface area contributed by atoms with Crippen LogP contribution in [0.25, 0.3) is 0 Å². The average molecular weight is 646 g/mol. The number of rotatable bonds is 8. The predicted molar refractivity (Wildman–Crippen MR) is 180 cm³/mol. The molecule has 0 spiro atoms. The monoisotopic (exact) mass is 645 g/mol. The zero-order valence-electron chi connectivity index (χ0n) is 27.4. The van der Waals surface area contributed by atoms with E-state index in [4.69, 9.17) is 4.74 Å². The molecule has 0 aliphatic carbocycles. The number of morpholine rings is 1. The van der Waals surface area contributed by atoms with Gasteiger partial charge in [0.1, 0.15) is 0 Å². The van der Waals surface area contributed by atoms with Gasteiger partial charge in [0.25, 0.3) is 5.91 Å². The number of aromatic nitrogens is 1. The highest BCUT2D eigenvalue weighted by atomic mass is 32.2. The number of anilines is 1. The van der Waals surface area contributed by atoms with E-state index in [9.17, 15) is 13.2 Å². The number of ether oxygens (including phenoxy) is 1. The molecule has 246 valence electrons. The maximum Gasteiger partial charge on any atom is 0.255 e. The van der Waals surface area contributed by atoms with Crippen LogP contribution in [-0.4, -0.2) is 97.5 Å². The van der Waals surface area contributed by atoms with Crippen molar-refractivity contribution >= 4 is 21.6 Å². The van der Waals surface area contributed by atoms with E-state index >= 15 is 0 Å². The highest BCUT2D eigenvalue weighted by Gasteiger charge is 2.40. The highest BCUT2D eigenvalue weighted by molar-refractivity contribution is 7.89. The van der Waals surface area contributed by atoms with Gasteiger partial charge in [-0.2, -0.15) is 4.31 Å². The summed E-state index contributed by atoms with van der Waals surface area (Å²) in [7, 11) is -3.54. The number of hydrogen-bond acceptors (Lipinski definition) is 7. The van der Waals surface area contributed by atoms with Crippen molar-refractivity contribution in [1.29, 1.82) is 0 Å². The number of sulfonamides is 1. The zero-order chi connectivity index (χ0) is 32.3. The third-order valence-electron chi connectivity index (χ3n) is 10.3. The number of carbonyl (C=O) groups excluding carboxylic acids is 1. The van der Waals surface area contributed by atoms with Crippen molar-refractivity contribution in [2.45, 2.75) is 69.5 Å². The lowest BCUT2D eigenvalue weighted by Gasteiger charge is -2.50. The van der Waals surface area contributed by atoms with Crippen molar-refractivity contribution in [2.75, 3.05) is 57.4 Å². The van der Waals surface area contributed by atoms with Crippen molar-refractivity contribution < 1.29 is 17.9 Å². The lowest BCUT2D eigenvalue weighted by atomic mass is 9.85. The van der Waals surface area contributed by atoms with E-state index in [-0.39, 0.29) is 11.4 Å². The number of aryl methyl sites for hydroxylation is 2. The molecule has 1 amide bonds. The molecule has 0 saturated carbocycles. The molecule has 9 nitrogen and oxygen atoms in total. The SMILES string of the molecule is Cc1ccnc(C)c1C(=O)N1CCC(C)(N2CCC(N(Cc3ccccc3)c3ccc(S(=O)(=O)N4CCOCC4)cc3)CC2)CC1.